The van der Waals surface area contributed by atoms with Gasteiger partial charge in [-0.3, -0.25) is 32.5 Å². The second-order valence-corrected chi connectivity index (χ2v) is 20.6. The number of aliphatic hydroxyl groups is 2. The molecule has 1 saturated heterocycles. The average molecular weight is 936 g/mol. The number of nitrogens with one attached hydrogen (secondary N) is 2. The number of aliphatic hydroxyl groups excluding tert-OH is 2. The molecule has 2 amide bonds. The van der Waals surface area contributed by atoms with E-state index in [-0.39, 0.29) is 41.6 Å². The van der Waals surface area contributed by atoms with Crippen LogP contribution in [0.3, 0.4) is 0 Å². The number of thioether (sulfide) groups is 1. The normalized spacial score (nSPS) is 21.7. The molecule has 0 aromatic carbocycles. The van der Waals surface area contributed by atoms with Gasteiger partial charge in [-0.15, -0.1) is 0 Å². The maximum absolute atomic E-state index is 12.7. The number of hydrogen-bond acceptors (Lipinski definition) is 18. The van der Waals surface area contributed by atoms with E-state index in [1.165, 1.54) is 13.8 Å². The van der Waals surface area contributed by atoms with Gasteiger partial charge in [0.15, 0.2) is 22.8 Å². The average Bonchev–Trinajstić information content (AvgIpc) is 3.70. The van der Waals surface area contributed by atoms with Crippen molar-refractivity contribution in [1.29, 1.82) is 0 Å². The van der Waals surface area contributed by atoms with Crippen LogP contribution in [0.1, 0.15) is 79.4 Å². The number of fused-ring (bicyclic) bond motifs is 1. The Balaban J connectivity index is 1.42. The van der Waals surface area contributed by atoms with Gasteiger partial charge in [0.25, 0.3) is 0 Å². The van der Waals surface area contributed by atoms with E-state index >= 15 is 0 Å². The van der Waals surface area contributed by atoms with Crippen molar-refractivity contribution in [1.82, 2.24) is 30.2 Å². The number of aromatic nitrogens is 4. The summed E-state index contributed by atoms with van der Waals surface area (Å²) in [5.41, 5.74) is 4.28. The molecule has 2 aromatic heterocycles. The van der Waals surface area contributed by atoms with Crippen molar-refractivity contribution >= 4 is 69.1 Å². The molecule has 4 unspecified atom stereocenters. The Kier molecular flexibility index (Phi) is 19.7. The van der Waals surface area contributed by atoms with Gasteiger partial charge in [-0.2, -0.15) is 4.31 Å². The fourth-order valence-electron chi connectivity index (χ4n) is 5.75. The number of anilines is 1. The maximum atomic E-state index is 12.7. The Morgan fingerprint density at radius 3 is 2.33 bits per heavy atom. The molecule has 342 valence electrons. The van der Waals surface area contributed by atoms with Gasteiger partial charge >= 0.3 is 23.5 Å². The molecule has 0 spiro atoms. The molecule has 8 atom stereocenters. The molecule has 3 heterocycles. The summed E-state index contributed by atoms with van der Waals surface area (Å²) >= 11 is 1.14. The first kappa shape index (κ1) is 51.9. The number of carbonyl (C=O) groups excluding carboxylic acids is 3. The van der Waals surface area contributed by atoms with Crippen LogP contribution in [-0.4, -0.2) is 123 Å². The van der Waals surface area contributed by atoms with Crippen molar-refractivity contribution in [3.8, 4) is 0 Å². The minimum Gasteiger partial charge on any atom is -0.386 e. The van der Waals surface area contributed by atoms with Gasteiger partial charge in [0.05, 0.1) is 19.5 Å². The highest BCUT2D eigenvalue weighted by Crippen LogP contribution is 2.61. The molecule has 2 aromatic rings. The minimum atomic E-state index is -5.57. The quantitative estimate of drug-likeness (QED) is 0.0480. The third-order valence-corrected chi connectivity index (χ3v) is 13.1. The summed E-state index contributed by atoms with van der Waals surface area (Å²) in [6, 6.07) is 0. The van der Waals surface area contributed by atoms with Crippen LogP contribution in [0.2, 0.25) is 0 Å². The fourth-order valence-corrected chi connectivity index (χ4v) is 9.27. The van der Waals surface area contributed by atoms with Gasteiger partial charge in [-0.1, -0.05) is 65.6 Å². The van der Waals surface area contributed by atoms with Crippen LogP contribution in [0.25, 0.3) is 11.2 Å². The Morgan fingerprint density at radius 1 is 0.983 bits per heavy atom. The number of nitrogens with zero attached hydrogens (tertiary/aromatic N) is 4. The number of amides is 2. The predicted octanol–water partition coefficient (Wildman–Crippen LogP) is 1.91. The third kappa shape index (κ3) is 17.0. The number of rotatable bonds is 26. The molecule has 10 N–H and O–H groups in total. The Labute approximate surface area is 350 Å². The fraction of sp³-hybridized carbons (Fsp3) is 0.750. The molecule has 0 bridgehead atoms. The Bertz CT molecular complexity index is 1900. The lowest BCUT2D eigenvalue weighted by atomic mass is 9.87. The summed E-state index contributed by atoms with van der Waals surface area (Å²) in [6.45, 7) is 7.06. The van der Waals surface area contributed by atoms with Crippen LogP contribution >= 0.6 is 35.2 Å². The summed E-state index contributed by atoms with van der Waals surface area (Å²) in [5.74, 6) is 0.0757. The van der Waals surface area contributed by atoms with Crippen molar-refractivity contribution in [3.05, 3.63) is 12.7 Å². The number of phosphoric ester groups is 3. The van der Waals surface area contributed by atoms with Crippen LogP contribution in [0.5, 0.6) is 0 Å². The van der Waals surface area contributed by atoms with Crippen molar-refractivity contribution in [3.63, 3.8) is 0 Å². The van der Waals surface area contributed by atoms with E-state index in [0.717, 1.165) is 54.7 Å². The summed E-state index contributed by atoms with van der Waals surface area (Å²) in [5, 5.41) is 26.6. The van der Waals surface area contributed by atoms with E-state index < -0.39 is 84.6 Å². The molecule has 24 nitrogen and oxygen atoms in total. The first-order chi connectivity index (χ1) is 27.8. The first-order valence-electron chi connectivity index (χ1n) is 18.9. The SMILES string of the molecule is CC(C)CCCC(C)CCC(=O)SCCNC(=O)CCNC(=O)[C@H](O)C(C)(C)COP(=O)(O)OP(=O)(O)OC[C@H]1O[C@@H](n2cnc3c(N)ncnc32)C(O)[C@H]1OP(=O)(O)O. The molecular formula is C32H56N7O17P3S. The summed E-state index contributed by atoms with van der Waals surface area (Å²) in [6.07, 6.45) is -2.23. The van der Waals surface area contributed by atoms with E-state index in [0.29, 0.717) is 24.0 Å². The number of carbonyl (C=O) groups is 3. The van der Waals surface area contributed by atoms with Crippen LogP contribution in [0.15, 0.2) is 12.7 Å². The highest BCUT2D eigenvalue weighted by molar-refractivity contribution is 8.13. The molecule has 28 heteroatoms. The highest BCUT2D eigenvalue weighted by atomic mass is 32.2. The molecule has 1 aliphatic rings. The molecular weight excluding hydrogens is 879 g/mol. The van der Waals surface area contributed by atoms with Crippen LogP contribution in [-0.2, 0) is 50.7 Å². The van der Waals surface area contributed by atoms with E-state index in [1.54, 1.807) is 0 Å². The van der Waals surface area contributed by atoms with E-state index in [4.69, 9.17) is 19.5 Å². The van der Waals surface area contributed by atoms with Crippen molar-refractivity contribution in [2.24, 2.45) is 17.3 Å². The molecule has 60 heavy (non-hydrogen) atoms. The van der Waals surface area contributed by atoms with Crippen molar-refractivity contribution < 1.29 is 80.5 Å². The second kappa shape index (κ2) is 22.8. The minimum absolute atomic E-state index is 0.0324. The zero-order valence-electron chi connectivity index (χ0n) is 33.8. The maximum Gasteiger partial charge on any atom is 0.481 e. The zero-order chi connectivity index (χ0) is 45.1. The number of imidazole rings is 1. The largest absolute Gasteiger partial charge is 0.481 e. The standard InChI is InChI=1S/C32H56N7O17P3S/c1-19(2)7-6-8-20(3)9-10-23(41)60-14-13-34-22(40)11-12-35-30(44)27(43)32(4,5)16-53-59(50,51)56-58(48,49)52-15-21-26(55-57(45,46)47)25(42)31(54-21)39-18-38-24-28(33)36-17-37-29(24)39/h17-21,25-27,31,42-43H,6-16H2,1-5H3,(H,34,40)(H,35,44)(H,48,49)(H,50,51)(H2,33,36,37)(H2,45,46,47)/t20?,21-,25?,26+,27+,31-/m1/s1. The summed E-state index contributed by atoms with van der Waals surface area (Å²) in [4.78, 5) is 88.1. The Morgan fingerprint density at radius 2 is 1.67 bits per heavy atom. The third-order valence-electron chi connectivity index (χ3n) is 9.08. The highest BCUT2D eigenvalue weighted by Gasteiger charge is 2.50. The van der Waals surface area contributed by atoms with Crippen molar-refractivity contribution in [2.75, 3.05) is 37.8 Å². The second-order valence-electron chi connectivity index (χ2n) is 15.3. The van der Waals surface area contributed by atoms with Gasteiger partial charge in [-0.25, -0.2) is 28.6 Å². The lowest BCUT2D eigenvalue weighted by Gasteiger charge is -2.30. The molecule has 0 radical (unpaired) electrons. The Hall–Kier alpha value is -2.44. The molecule has 1 aliphatic heterocycles. The summed E-state index contributed by atoms with van der Waals surface area (Å²) < 4.78 is 62.3. The molecule has 0 saturated carbocycles. The predicted molar refractivity (Wildman–Crippen MR) is 214 cm³/mol. The van der Waals surface area contributed by atoms with Gasteiger partial charge in [0.1, 0.15) is 36.3 Å². The number of phosphoric acid groups is 3. The monoisotopic (exact) mass is 935 g/mol. The van der Waals surface area contributed by atoms with E-state index in [9.17, 15) is 57.9 Å². The topological polar surface area (TPSA) is 364 Å². The van der Waals surface area contributed by atoms with Gasteiger partial charge in [0.2, 0.25) is 11.8 Å². The molecule has 0 aliphatic carbocycles. The lowest BCUT2D eigenvalue weighted by Crippen LogP contribution is -2.46. The number of ether oxygens (including phenoxy) is 1. The number of nitrogen functional groups attached to an aromatic ring is 1. The van der Waals surface area contributed by atoms with Crippen molar-refractivity contribution in [2.45, 2.75) is 104 Å². The van der Waals surface area contributed by atoms with Crippen LogP contribution in [0.4, 0.5) is 5.82 Å². The van der Waals surface area contributed by atoms with Gasteiger partial charge in [-0.05, 0) is 18.3 Å². The molecule has 3 rings (SSSR count). The van der Waals surface area contributed by atoms with Gasteiger partial charge < -0.3 is 50.9 Å². The van der Waals surface area contributed by atoms with Gasteiger partial charge in [0, 0.05) is 37.1 Å². The molecule has 1 fully saturated rings. The lowest BCUT2D eigenvalue weighted by molar-refractivity contribution is -0.137. The van der Waals surface area contributed by atoms with E-state index in [1.807, 2.05) is 0 Å². The number of hydrogen-bond donors (Lipinski definition) is 9. The van der Waals surface area contributed by atoms with E-state index in [2.05, 4.69) is 55.2 Å². The number of nitrogens with two attached hydrogens (primary N) is 1. The first-order valence-corrected chi connectivity index (χ1v) is 24.4. The smallest absolute Gasteiger partial charge is 0.386 e. The summed E-state index contributed by atoms with van der Waals surface area (Å²) in [7, 11) is -16.4. The van der Waals surface area contributed by atoms with Crippen LogP contribution in [0, 0.1) is 17.3 Å². The van der Waals surface area contributed by atoms with Crippen LogP contribution < -0.4 is 16.4 Å². The zero-order valence-corrected chi connectivity index (χ0v) is 37.3.